The number of alkyl halides is 3. The molecule has 2 aliphatic rings. The standard InChI is InChI=1S/C23H21F3N2O5/c24-23(25,26)33-16-2-4-19-17(10-16)18(11-22(29)32-19)28(15-5-7-27-8-6-15)12-14-1-3-20-21(9-14)31-13-30-20/h1-4,9-11,15,27H,5-8,12-13H2. The summed E-state index contributed by atoms with van der Waals surface area (Å²) in [6.45, 7) is 2.17. The minimum Gasteiger partial charge on any atom is -0.454 e. The van der Waals surface area contributed by atoms with Gasteiger partial charge in [0.25, 0.3) is 0 Å². The van der Waals surface area contributed by atoms with Gasteiger partial charge in [0.05, 0.1) is 5.69 Å². The quantitative estimate of drug-likeness (QED) is 0.571. The molecular formula is C23H21F3N2O5. The molecule has 5 rings (SSSR count). The van der Waals surface area contributed by atoms with Crippen molar-refractivity contribution in [3.63, 3.8) is 0 Å². The average molecular weight is 462 g/mol. The van der Waals surface area contributed by atoms with Crippen LogP contribution in [0.3, 0.4) is 0 Å². The number of hydrogen-bond acceptors (Lipinski definition) is 7. The second-order valence-corrected chi connectivity index (χ2v) is 7.95. The molecule has 0 radical (unpaired) electrons. The fraction of sp³-hybridized carbons (Fsp3) is 0.348. The van der Waals surface area contributed by atoms with Crippen molar-refractivity contribution in [2.75, 3.05) is 24.8 Å². The van der Waals surface area contributed by atoms with E-state index in [0.717, 1.165) is 37.6 Å². The molecule has 0 atom stereocenters. The first-order valence-electron chi connectivity index (χ1n) is 10.6. The normalized spacial score (nSPS) is 16.2. The summed E-state index contributed by atoms with van der Waals surface area (Å²) >= 11 is 0. The number of nitrogens with zero attached hydrogens (tertiary/aromatic N) is 1. The Morgan fingerprint density at radius 3 is 2.61 bits per heavy atom. The molecule has 0 spiro atoms. The summed E-state index contributed by atoms with van der Waals surface area (Å²) in [7, 11) is 0. The van der Waals surface area contributed by atoms with Gasteiger partial charge in [0.15, 0.2) is 11.5 Å². The van der Waals surface area contributed by atoms with Crippen molar-refractivity contribution >= 4 is 16.7 Å². The fourth-order valence-corrected chi connectivity index (χ4v) is 4.33. The van der Waals surface area contributed by atoms with Gasteiger partial charge in [-0.2, -0.15) is 0 Å². The fourth-order valence-electron chi connectivity index (χ4n) is 4.33. The van der Waals surface area contributed by atoms with Gasteiger partial charge in [-0.25, -0.2) is 4.79 Å². The molecule has 1 N–H and O–H groups in total. The van der Waals surface area contributed by atoms with Gasteiger partial charge in [0.1, 0.15) is 11.3 Å². The first-order valence-corrected chi connectivity index (χ1v) is 10.6. The van der Waals surface area contributed by atoms with Crippen molar-refractivity contribution in [1.82, 2.24) is 5.32 Å². The number of nitrogens with one attached hydrogen (secondary N) is 1. The molecule has 2 aliphatic heterocycles. The predicted molar refractivity (Wildman–Crippen MR) is 114 cm³/mol. The van der Waals surface area contributed by atoms with Crippen LogP contribution in [0, 0.1) is 0 Å². The molecular weight excluding hydrogens is 441 g/mol. The van der Waals surface area contributed by atoms with E-state index in [1.807, 2.05) is 18.2 Å². The molecule has 0 saturated carbocycles. The third-order valence-corrected chi connectivity index (χ3v) is 5.77. The summed E-state index contributed by atoms with van der Waals surface area (Å²) in [5, 5.41) is 3.68. The van der Waals surface area contributed by atoms with Crippen molar-refractivity contribution in [3.8, 4) is 17.2 Å². The molecule has 0 amide bonds. The minimum absolute atomic E-state index is 0.0638. The Kier molecular flexibility index (Phi) is 5.53. The van der Waals surface area contributed by atoms with E-state index in [1.165, 1.54) is 18.2 Å². The van der Waals surface area contributed by atoms with Crippen LogP contribution in [0.15, 0.2) is 51.7 Å². The van der Waals surface area contributed by atoms with E-state index < -0.39 is 12.0 Å². The number of ether oxygens (including phenoxy) is 3. The first kappa shape index (κ1) is 21.4. The van der Waals surface area contributed by atoms with Gasteiger partial charge in [-0.15, -0.1) is 13.2 Å². The third kappa shape index (κ3) is 4.70. The molecule has 2 aromatic carbocycles. The van der Waals surface area contributed by atoms with Gasteiger partial charge in [-0.1, -0.05) is 6.07 Å². The maximum Gasteiger partial charge on any atom is 0.573 e. The number of hydrogen-bond donors (Lipinski definition) is 1. The van der Waals surface area contributed by atoms with Crippen LogP contribution in [0.4, 0.5) is 18.9 Å². The van der Waals surface area contributed by atoms with E-state index in [0.29, 0.717) is 29.1 Å². The highest BCUT2D eigenvalue weighted by Gasteiger charge is 2.32. The van der Waals surface area contributed by atoms with Gasteiger partial charge in [0, 0.05) is 24.0 Å². The molecule has 1 saturated heterocycles. The Bertz CT molecular complexity index is 1220. The maximum atomic E-state index is 12.8. The SMILES string of the molecule is O=c1cc(N(Cc2ccc3c(c2)OCO3)C2CCNCC2)c2cc(OC(F)(F)F)ccc2o1. The van der Waals surface area contributed by atoms with Gasteiger partial charge >= 0.3 is 12.0 Å². The van der Waals surface area contributed by atoms with Crippen LogP contribution in [0.2, 0.25) is 0 Å². The summed E-state index contributed by atoms with van der Waals surface area (Å²) in [6.07, 6.45) is -3.21. The van der Waals surface area contributed by atoms with Gasteiger partial charge < -0.3 is 28.8 Å². The predicted octanol–water partition coefficient (Wildman–Crippen LogP) is 4.18. The zero-order chi connectivity index (χ0) is 23.0. The van der Waals surface area contributed by atoms with E-state index >= 15 is 0 Å². The number of benzene rings is 2. The first-order chi connectivity index (χ1) is 15.9. The number of rotatable bonds is 5. The largest absolute Gasteiger partial charge is 0.573 e. The van der Waals surface area contributed by atoms with Crippen molar-refractivity contribution in [3.05, 3.63) is 58.4 Å². The minimum atomic E-state index is -4.83. The number of piperidine rings is 1. The van der Waals surface area contributed by atoms with Crippen molar-refractivity contribution in [1.29, 1.82) is 0 Å². The topological polar surface area (TPSA) is 73.2 Å². The molecule has 10 heteroatoms. The highest BCUT2D eigenvalue weighted by Crippen LogP contribution is 2.36. The molecule has 33 heavy (non-hydrogen) atoms. The van der Waals surface area contributed by atoms with E-state index in [9.17, 15) is 18.0 Å². The summed E-state index contributed by atoms with van der Waals surface area (Å²) < 4.78 is 58.7. The highest BCUT2D eigenvalue weighted by atomic mass is 19.4. The molecule has 7 nitrogen and oxygen atoms in total. The molecule has 0 bridgehead atoms. The summed E-state index contributed by atoms with van der Waals surface area (Å²) in [5.41, 5.74) is 1.03. The molecule has 0 unspecified atom stereocenters. The van der Waals surface area contributed by atoms with Crippen LogP contribution < -0.4 is 30.1 Å². The average Bonchev–Trinajstić information content (AvgIpc) is 3.25. The van der Waals surface area contributed by atoms with Crippen LogP contribution in [0.1, 0.15) is 18.4 Å². The Hall–Kier alpha value is -3.40. The number of halogens is 3. The lowest BCUT2D eigenvalue weighted by Crippen LogP contribution is -2.43. The van der Waals surface area contributed by atoms with Crippen LogP contribution in [-0.4, -0.2) is 32.3 Å². The molecule has 0 aliphatic carbocycles. The second-order valence-electron chi connectivity index (χ2n) is 7.95. The Balaban J connectivity index is 1.59. The maximum absolute atomic E-state index is 12.8. The van der Waals surface area contributed by atoms with E-state index in [-0.39, 0.29) is 24.2 Å². The molecule has 3 aromatic rings. The van der Waals surface area contributed by atoms with E-state index in [2.05, 4.69) is 15.0 Å². The second kappa shape index (κ2) is 8.51. The lowest BCUT2D eigenvalue weighted by atomic mass is 10.0. The van der Waals surface area contributed by atoms with Gasteiger partial charge in [-0.3, -0.25) is 0 Å². The van der Waals surface area contributed by atoms with Gasteiger partial charge in [0.2, 0.25) is 6.79 Å². The summed E-state index contributed by atoms with van der Waals surface area (Å²) in [4.78, 5) is 14.4. The zero-order valence-electron chi connectivity index (χ0n) is 17.5. The van der Waals surface area contributed by atoms with Crippen molar-refractivity contribution in [2.45, 2.75) is 31.8 Å². The zero-order valence-corrected chi connectivity index (χ0v) is 17.5. The van der Waals surface area contributed by atoms with Gasteiger partial charge in [-0.05, 0) is 61.8 Å². The van der Waals surface area contributed by atoms with Crippen molar-refractivity contribution < 1.29 is 31.8 Å². The van der Waals surface area contributed by atoms with Crippen LogP contribution in [-0.2, 0) is 6.54 Å². The highest BCUT2D eigenvalue weighted by molar-refractivity contribution is 5.91. The molecule has 1 fully saturated rings. The van der Waals surface area contributed by atoms with Crippen molar-refractivity contribution in [2.24, 2.45) is 0 Å². The molecule has 174 valence electrons. The lowest BCUT2D eigenvalue weighted by molar-refractivity contribution is -0.274. The lowest BCUT2D eigenvalue weighted by Gasteiger charge is -2.37. The Labute approximate surface area is 186 Å². The summed E-state index contributed by atoms with van der Waals surface area (Å²) in [5.74, 6) is 0.918. The van der Waals surface area contributed by atoms with Crippen LogP contribution in [0.25, 0.3) is 11.0 Å². The van der Waals surface area contributed by atoms with Crippen LogP contribution in [0.5, 0.6) is 17.2 Å². The van der Waals surface area contributed by atoms with E-state index in [4.69, 9.17) is 13.9 Å². The Morgan fingerprint density at radius 2 is 1.82 bits per heavy atom. The number of fused-ring (bicyclic) bond motifs is 2. The summed E-state index contributed by atoms with van der Waals surface area (Å²) in [6, 6.07) is 10.7. The smallest absolute Gasteiger partial charge is 0.454 e. The van der Waals surface area contributed by atoms with Crippen LogP contribution >= 0.6 is 0 Å². The molecule has 3 heterocycles. The Morgan fingerprint density at radius 1 is 1.03 bits per heavy atom. The van der Waals surface area contributed by atoms with E-state index in [1.54, 1.807) is 0 Å². The third-order valence-electron chi connectivity index (χ3n) is 5.77. The molecule has 1 aromatic heterocycles. The number of anilines is 1. The monoisotopic (exact) mass is 462 g/mol.